The number of benzene rings is 4. The summed E-state index contributed by atoms with van der Waals surface area (Å²) < 4.78 is 5.86. The van der Waals surface area contributed by atoms with Gasteiger partial charge in [0.05, 0.1) is 24.8 Å². The molecule has 0 fully saturated rings. The van der Waals surface area contributed by atoms with E-state index in [2.05, 4.69) is 46.7 Å². The molecule has 0 unspecified atom stereocenters. The van der Waals surface area contributed by atoms with Crippen LogP contribution in [0.4, 0.5) is 0 Å². The Bertz CT molecular complexity index is 1550. The molecular formula is C30H26N2O3. The van der Waals surface area contributed by atoms with Crippen LogP contribution in [0.15, 0.2) is 85.1 Å². The second kappa shape index (κ2) is 8.93. The number of aliphatic hydroxyl groups is 1. The molecule has 1 aromatic heterocycles. The van der Waals surface area contributed by atoms with E-state index >= 15 is 0 Å². The predicted octanol–water partition coefficient (Wildman–Crippen LogP) is 5.26. The quantitative estimate of drug-likeness (QED) is 0.322. The maximum atomic E-state index is 13.5. The summed E-state index contributed by atoms with van der Waals surface area (Å²) in [6.45, 7) is 0.411. The largest absolute Gasteiger partial charge is 0.492 e. The van der Waals surface area contributed by atoms with E-state index in [9.17, 15) is 9.90 Å². The van der Waals surface area contributed by atoms with Crippen LogP contribution in [0.3, 0.4) is 0 Å². The lowest BCUT2D eigenvalue weighted by atomic mass is 9.96. The molecule has 1 aliphatic rings. The van der Waals surface area contributed by atoms with Crippen molar-refractivity contribution in [3.05, 3.63) is 102 Å². The molecule has 5 aromatic rings. The minimum Gasteiger partial charge on any atom is -0.492 e. The fourth-order valence-electron chi connectivity index (χ4n) is 5.00. The summed E-state index contributed by atoms with van der Waals surface area (Å²) in [6.07, 6.45) is 3.25. The maximum absolute atomic E-state index is 13.5. The molecule has 0 radical (unpaired) electrons. The predicted molar refractivity (Wildman–Crippen MR) is 139 cm³/mol. The number of hydrogen-bond donors (Lipinski definition) is 3. The van der Waals surface area contributed by atoms with Gasteiger partial charge in [0.25, 0.3) is 5.91 Å². The molecule has 2 heterocycles. The number of hydrogen-bond acceptors (Lipinski definition) is 3. The van der Waals surface area contributed by atoms with Crippen LogP contribution < -0.4 is 10.1 Å². The highest BCUT2D eigenvalue weighted by Crippen LogP contribution is 2.35. The Balaban J connectivity index is 1.31. The van der Waals surface area contributed by atoms with Gasteiger partial charge in [0.15, 0.2) is 0 Å². The highest BCUT2D eigenvalue weighted by Gasteiger charge is 2.24. The molecule has 1 amide bonds. The average Bonchev–Trinajstić information content (AvgIpc) is 3.54. The normalized spacial score (nSPS) is 13.5. The zero-order valence-corrected chi connectivity index (χ0v) is 19.3. The van der Waals surface area contributed by atoms with E-state index in [-0.39, 0.29) is 12.5 Å². The van der Waals surface area contributed by atoms with Gasteiger partial charge in [0.1, 0.15) is 5.75 Å². The second-order valence-corrected chi connectivity index (χ2v) is 9.09. The van der Waals surface area contributed by atoms with Gasteiger partial charge in [-0.25, -0.2) is 0 Å². The van der Waals surface area contributed by atoms with Crippen molar-refractivity contribution in [3.63, 3.8) is 0 Å². The SMILES string of the molecule is O=C(N[C@@H](CO)Cc1c[nH]c2ccccc12)c1cc(-c2ccc3ccccc3c2)cc2c1OCC2. The molecule has 6 rings (SSSR count). The summed E-state index contributed by atoms with van der Waals surface area (Å²) in [7, 11) is 0. The number of H-pyrrole nitrogens is 1. The number of carbonyl (C=O) groups is 1. The Morgan fingerprint density at radius 2 is 1.80 bits per heavy atom. The number of aromatic nitrogens is 1. The summed E-state index contributed by atoms with van der Waals surface area (Å²) in [5.74, 6) is 0.417. The van der Waals surface area contributed by atoms with Crippen molar-refractivity contribution < 1.29 is 14.6 Å². The zero-order valence-electron chi connectivity index (χ0n) is 19.3. The van der Waals surface area contributed by atoms with E-state index in [0.29, 0.717) is 24.3 Å². The molecule has 5 nitrogen and oxygen atoms in total. The number of aliphatic hydroxyl groups excluding tert-OH is 1. The molecule has 1 aliphatic heterocycles. The van der Waals surface area contributed by atoms with Crippen LogP contribution in [-0.2, 0) is 12.8 Å². The van der Waals surface area contributed by atoms with Crippen LogP contribution in [0.1, 0.15) is 21.5 Å². The third kappa shape index (κ3) is 4.04. The minimum absolute atomic E-state index is 0.154. The van der Waals surface area contributed by atoms with E-state index in [1.54, 1.807) is 0 Å². The van der Waals surface area contributed by atoms with Crippen molar-refractivity contribution in [3.8, 4) is 16.9 Å². The van der Waals surface area contributed by atoms with Crippen molar-refractivity contribution >= 4 is 27.6 Å². The van der Waals surface area contributed by atoms with Gasteiger partial charge in [-0.05, 0) is 63.7 Å². The number of carbonyl (C=O) groups excluding carboxylic acids is 1. The first kappa shape index (κ1) is 21.4. The first-order valence-corrected chi connectivity index (χ1v) is 12.0. The molecule has 0 saturated carbocycles. The zero-order chi connectivity index (χ0) is 23.8. The lowest BCUT2D eigenvalue weighted by molar-refractivity contribution is 0.0913. The van der Waals surface area contributed by atoms with Crippen molar-refractivity contribution in [2.24, 2.45) is 0 Å². The van der Waals surface area contributed by atoms with Gasteiger partial charge in [0.2, 0.25) is 0 Å². The summed E-state index contributed by atoms with van der Waals surface area (Å²) in [4.78, 5) is 16.7. The van der Waals surface area contributed by atoms with Crippen LogP contribution in [0.2, 0.25) is 0 Å². The average molecular weight is 463 g/mol. The Labute approximate surface area is 203 Å². The molecule has 0 bridgehead atoms. The maximum Gasteiger partial charge on any atom is 0.255 e. The first-order valence-electron chi connectivity index (χ1n) is 12.0. The third-order valence-electron chi connectivity index (χ3n) is 6.81. The summed E-state index contributed by atoms with van der Waals surface area (Å²) in [5, 5.41) is 16.5. The van der Waals surface area contributed by atoms with Gasteiger partial charge in [-0.15, -0.1) is 0 Å². The van der Waals surface area contributed by atoms with Crippen molar-refractivity contribution in [1.29, 1.82) is 0 Å². The van der Waals surface area contributed by atoms with Crippen molar-refractivity contribution in [2.45, 2.75) is 18.9 Å². The Morgan fingerprint density at radius 1 is 0.971 bits per heavy atom. The fourth-order valence-corrected chi connectivity index (χ4v) is 5.00. The fraction of sp³-hybridized carbons (Fsp3) is 0.167. The lowest BCUT2D eigenvalue weighted by Gasteiger charge is -2.18. The number of ether oxygens (including phenoxy) is 1. The monoisotopic (exact) mass is 462 g/mol. The second-order valence-electron chi connectivity index (χ2n) is 9.09. The van der Waals surface area contributed by atoms with Gasteiger partial charge in [0, 0.05) is 23.5 Å². The van der Waals surface area contributed by atoms with Gasteiger partial charge in [-0.2, -0.15) is 0 Å². The summed E-state index contributed by atoms with van der Waals surface area (Å²) in [6, 6.07) is 26.3. The lowest BCUT2D eigenvalue weighted by Crippen LogP contribution is -2.39. The summed E-state index contributed by atoms with van der Waals surface area (Å²) in [5.41, 5.74) is 5.71. The van der Waals surface area contributed by atoms with Crippen LogP contribution in [-0.4, -0.2) is 35.3 Å². The molecule has 174 valence electrons. The van der Waals surface area contributed by atoms with Crippen molar-refractivity contribution in [1.82, 2.24) is 10.3 Å². The molecular weight excluding hydrogens is 436 g/mol. The third-order valence-corrected chi connectivity index (χ3v) is 6.81. The van der Waals surface area contributed by atoms with Crippen molar-refractivity contribution in [2.75, 3.05) is 13.2 Å². The van der Waals surface area contributed by atoms with E-state index in [1.807, 2.05) is 48.7 Å². The highest BCUT2D eigenvalue weighted by atomic mass is 16.5. The highest BCUT2D eigenvalue weighted by molar-refractivity contribution is 5.99. The van der Waals surface area contributed by atoms with Gasteiger partial charge in [-0.3, -0.25) is 4.79 Å². The number of amides is 1. The van der Waals surface area contributed by atoms with Gasteiger partial charge in [-0.1, -0.05) is 54.6 Å². The first-order chi connectivity index (χ1) is 17.2. The van der Waals surface area contributed by atoms with Crippen LogP contribution >= 0.6 is 0 Å². The molecule has 5 heteroatoms. The topological polar surface area (TPSA) is 74.4 Å². The van der Waals surface area contributed by atoms with Crippen LogP contribution in [0.5, 0.6) is 5.75 Å². The molecule has 0 aliphatic carbocycles. The minimum atomic E-state index is -0.414. The van der Waals surface area contributed by atoms with E-state index in [0.717, 1.165) is 45.0 Å². The molecule has 3 N–H and O–H groups in total. The number of nitrogens with one attached hydrogen (secondary N) is 2. The molecule has 0 saturated heterocycles. The van der Waals surface area contributed by atoms with Crippen LogP contribution in [0, 0.1) is 0 Å². The molecule has 35 heavy (non-hydrogen) atoms. The van der Waals surface area contributed by atoms with Gasteiger partial charge >= 0.3 is 0 Å². The Kier molecular flexibility index (Phi) is 5.47. The van der Waals surface area contributed by atoms with Crippen LogP contribution in [0.25, 0.3) is 32.8 Å². The number of fused-ring (bicyclic) bond motifs is 3. The standard InChI is InChI=1S/C30H26N2O3/c33-18-25(15-24-17-31-28-8-4-3-7-26(24)28)32-30(34)27-16-23(14-22-11-12-35-29(22)27)21-10-9-19-5-1-2-6-20(19)13-21/h1-10,13-14,16-17,25,31,33H,11-12,15,18H2,(H,32,34)/t25-/m1/s1. The number of rotatable bonds is 6. The molecule has 4 aromatic carbocycles. The van der Waals surface area contributed by atoms with E-state index < -0.39 is 6.04 Å². The Morgan fingerprint density at radius 3 is 2.69 bits per heavy atom. The summed E-state index contributed by atoms with van der Waals surface area (Å²) >= 11 is 0. The van der Waals surface area contributed by atoms with E-state index in [1.165, 1.54) is 5.39 Å². The van der Waals surface area contributed by atoms with Gasteiger partial charge < -0.3 is 20.1 Å². The molecule has 1 atom stereocenters. The Hall–Kier alpha value is -4.09. The smallest absolute Gasteiger partial charge is 0.255 e. The molecule has 0 spiro atoms. The number of para-hydroxylation sites is 1. The van der Waals surface area contributed by atoms with E-state index in [4.69, 9.17) is 4.74 Å². The number of aromatic amines is 1.